The molecule has 174 valence electrons. The van der Waals surface area contributed by atoms with Crippen LogP contribution in [0.5, 0.6) is 11.5 Å². The number of carbonyl (C=O) groups is 2. The van der Waals surface area contributed by atoms with Crippen molar-refractivity contribution in [2.45, 2.75) is 39.0 Å². The first-order chi connectivity index (χ1) is 16.0. The second kappa shape index (κ2) is 10.6. The Kier molecular flexibility index (Phi) is 7.34. The minimum absolute atomic E-state index is 0.0661. The van der Waals surface area contributed by atoms with Crippen LogP contribution in [-0.2, 0) is 16.1 Å². The Labute approximate surface area is 197 Å². The monoisotopic (exact) mass is 468 g/mol. The number of benzene rings is 1. The molecule has 2 aromatic heterocycles. The summed E-state index contributed by atoms with van der Waals surface area (Å²) in [6.07, 6.45) is 1.47. The van der Waals surface area contributed by atoms with E-state index in [1.54, 1.807) is 24.3 Å². The number of para-hydroxylation sites is 2. The van der Waals surface area contributed by atoms with Crippen LogP contribution in [0.15, 0.2) is 64.6 Å². The van der Waals surface area contributed by atoms with Gasteiger partial charge in [0.2, 0.25) is 6.10 Å². The van der Waals surface area contributed by atoms with Gasteiger partial charge >= 0.3 is 0 Å². The van der Waals surface area contributed by atoms with E-state index < -0.39 is 12.1 Å². The molecule has 1 aliphatic heterocycles. The molecule has 4 rings (SSSR count). The maximum absolute atomic E-state index is 13.8. The van der Waals surface area contributed by atoms with Crippen LogP contribution in [0.1, 0.15) is 36.9 Å². The van der Waals surface area contributed by atoms with Crippen molar-refractivity contribution < 1.29 is 23.5 Å². The summed E-state index contributed by atoms with van der Waals surface area (Å²) in [6.45, 7) is 5.03. The molecule has 1 aromatic carbocycles. The van der Waals surface area contributed by atoms with Gasteiger partial charge in [-0.3, -0.25) is 9.59 Å². The van der Waals surface area contributed by atoms with Gasteiger partial charge in [-0.05, 0) is 48.1 Å². The average Bonchev–Trinajstić information content (AvgIpc) is 3.52. The van der Waals surface area contributed by atoms with Crippen molar-refractivity contribution >= 4 is 23.2 Å². The lowest BCUT2D eigenvalue weighted by Crippen LogP contribution is -2.50. The SMILES string of the molecule is CC(C)CCNC(=O)C(c1ccco1)N(Cc1cccs1)C(=O)C1COc2ccccc2O1. The summed E-state index contributed by atoms with van der Waals surface area (Å²) >= 11 is 1.52. The van der Waals surface area contributed by atoms with Crippen LogP contribution in [0.4, 0.5) is 0 Å². The zero-order valence-corrected chi connectivity index (χ0v) is 19.5. The van der Waals surface area contributed by atoms with E-state index in [0.717, 1.165) is 11.3 Å². The first kappa shape index (κ1) is 22.9. The molecule has 0 bridgehead atoms. The molecule has 33 heavy (non-hydrogen) atoms. The third-order valence-corrected chi connectivity index (χ3v) is 6.23. The minimum Gasteiger partial charge on any atom is -0.485 e. The zero-order valence-electron chi connectivity index (χ0n) is 18.7. The van der Waals surface area contributed by atoms with E-state index in [4.69, 9.17) is 13.9 Å². The molecule has 3 aromatic rings. The normalized spacial score (nSPS) is 15.8. The highest BCUT2D eigenvalue weighted by atomic mass is 32.1. The van der Waals surface area contributed by atoms with Crippen LogP contribution in [0, 0.1) is 5.92 Å². The first-order valence-electron chi connectivity index (χ1n) is 11.1. The van der Waals surface area contributed by atoms with E-state index in [1.165, 1.54) is 22.5 Å². The maximum Gasteiger partial charge on any atom is 0.268 e. The molecule has 2 atom stereocenters. The lowest BCUT2D eigenvalue weighted by atomic mass is 10.1. The van der Waals surface area contributed by atoms with Crippen molar-refractivity contribution in [1.29, 1.82) is 0 Å². The lowest BCUT2D eigenvalue weighted by Gasteiger charge is -2.34. The van der Waals surface area contributed by atoms with E-state index >= 15 is 0 Å². The van der Waals surface area contributed by atoms with Crippen molar-refractivity contribution in [3.05, 3.63) is 70.8 Å². The van der Waals surface area contributed by atoms with E-state index in [2.05, 4.69) is 19.2 Å². The molecule has 0 saturated heterocycles. The van der Waals surface area contributed by atoms with Crippen LogP contribution in [0.3, 0.4) is 0 Å². The van der Waals surface area contributed by atoms with Gasteiger partial charge in [0.15, 0.2) is 17.5 Å². The van der Waals surface area contributed by atoms with E-state index in [1.807, 2.05) is 29.6 Å². The van der Waals surface area contributed by atoms with Crippen molar-refractivity contribution in [3.8, 4) is 11.5 Å². The molecular weight excluding hydrogens is 440 g/mol. The molecule has 0 saturated carbocycles. The van der Waals surface area contributed by atoms with E-state index in [-0.39, 0.29) is 25.0 Å². The molecule has 0 aliphatic carbocycles. The largest absolute Gasteiger partial charge is 0.485 e. The molecular formula is C25H28N2O5S. The maximum atomic E-state index is 13.8. The Hall–Kier alpha value is -3.26. The third-order valence-electron chi connectivity index (χ3n) is 5.37. The summed E-state index contributed by atoms with van der Waals surface area (Å²) in [4.78, 5) is 29.6. The average molecular weight is 469 g/mol. The predicted molar refractivity (Wildman–Crippen MR) is 125 cm³/mol. The Bertz CT molecular complexity index is 1050. The summed E-state index contributed by atoms with van der Waals surface area (Å²) < 4.78 is 17.4. The number of rotatable bonds is 9. The number of nitrogens with zero attached hydrogens (tertiary/aromatic N) is 1. The van der Waals surface area contributed by atoms with Crippen LogP contribution in [-0.4, -0.2) is 36.0 Å². The highest BCUT2D eigenvalue weighted by Gasteiger charge is 2.39. The van der Waals surface area contributed by atoms with Crippen molar-refractivity contribution in [3.63, 3.8) is 0 Å². The summed E-state index contributed by atoms with van der Waals surface area (Å²) in [5, 5.41) is 4.92. The lowest BCUT2D eigenvalue weighted by molar-refractivity contribution is -0.149. The van der Waals surface area contributed by atoms with Gasteiger partial charge < -0.3 is 24.1 Å². The van der Waals surface area contributed by atoms with Gasteiger partial charge in [0, 0.05) is 11.4 Å². The van der Waals surface area contributed by atoms with Crippen molar-refractivity contribution in [2.24, 2.45) is 5.92 Å². The fraction of sp³-hybridized carbons (Fsp3) is 0.360. The smallest absolute Gasteiger partial charge is 0.268 e. The van der Waals surface area contributed by atoms with Gasteiger partial charge in [0.25, 0.3) is 11.8 Å². The van der Waals surface area contributed by atoms with E-state index in [0.29, 0.717) is 29.7 Å². The number of furan rings is 1. The first-order valence-corrected chi connectivity index (χ1v) is 11.9. The van der Waals surface area contributed by atoms with Crippen molar-refractivity contribution in [1.82, 2.24) is 10.2 Å². The standard InChI is InChI=1S/C25H28N2O5S/c1-17(2)11-12-26-24(28)23(21-10-5-13-30-21)27(15-18-7-6-14-33-18)25(29)22-16-31-19-8-3-4-9-20(19)32-22/h3-10,13-14,17,22-23H,11-12,15-16H2,1-2H3,(H,26,28). The Morgan fingerprint density at radius 1 is 1.12 bits per heavy atom. The quantitative estimate of drug-likeness (QED) is 0.503. The fourth-order valence-electron chi connectivity index (χ4n) is 3.64. The molecule has 2 unspecified atom stereocenters. The third kappa shape index (κ3) is 5.57. The van der Waals surface area contributed by atoms with Gasteiger partial charge in [-0.25, -0.2) is 0 Å². The number of hydrogen-bond acceptors (Lipinski definition) is 6. The molecule has 7 nitrogen and oxygen atoms in total. The second-order valence-electron chi connectivity index (χ2n) is 8.30. The van der Waals surface area contributed by atoms with Crippen LogP contribution in [0.2, 0.25) is 0 Å². The predicted octanol–water partition coefficient (Wildman–Crippen LogP) is 4.41. The molecule has 2 amide bonds. The topological polar surface area (TPSA) is 81.0 Å². The number of nitrogens with one attached hydrogen (secondary N) is 1. The van der Waals surface area contributed by atoms with Crippen molar-refractivity contribution in [2.75, 3.05) is 13.2 Å². The van der Waals surface area contributed by atoms with Crippen LogP contribution >= 0.6 is 11.3 Å². The van der Waals surface area contributed by atoms with Gasteiger partial charge in [0.1, 0.15) is 12.4 Å². The Balaban J connectivity index is 1.62. The van der Waals surface area contributed by atoms with Crippen LogP contribution < -0.4 is 14.8 Å². The summed E-state index contributed by atoms with van der Waals surface area (Å²) in [6, 6.07) is 13.6. The Morgan fingerprint density at radius 3 is 2.64 bits per heavy atom. The molecule has 0 spiro atoms. The molecule has 0 fully saturated rings. The molecule has 1 N–H and O–H groups in total. The number of fused-ring (bicyclic) bond motifs is 1. The van der Waals surface area contributed by atoms with E-state index in [9.17, 15) is 9.59 Å². The number of ether oxygens (including phenoxy) is 2. The number of thiophene rings is 1. The zero-order chi connectivity index (χ0) is 23.2. The highest BCUT2D eigenvalue weighted by molar-refractivity contribution is 7.09. The molecule has 0 radical (unpaired) electrons. The summed E-state index contributed by atoms with van der Waals surface area (Å²) in [5.74, 6) is 1.34. The minimum atomic E-state index is -0.928. The molecule has 1 aliphatic rings. The Morgan fingerprint density at radius 2 is 1.94 bits per heavy atom. The van der Waals surface area contributed by atoms with Crippen LogP contribution in [0.25, 0.3) is 0 Å². The number of amides is 2. The molecule has 3 heterocycles. The summed E-state index contributed by atoms with van der Waals surface area (Å²) in [7, 11) is 0. The highest BCUT2D eigenvalue weighted by Crippen LogP contribution is 2.33. The fourth-order valence-corrected chi connectivity index (χ4v) is 4.35. The van der Waals surface area contributed by atoms with Gasteiger partial charge in [-0.15, -0.1) is 11.3 Å². The van der Waals surface area contributed by atoms with Gasteiger partial charge in [-0.2, -0.15) is 0 Å². The number of carbonyl (C=O) groups excluding carboxylic acids is 2. The second-order valence-corrected chi connectivity index (χ2v) is 9.33. The van der Waals surface area contributed by atoms with Gasteiger partial charge in [-0.1, -0.05) is 32.0 Å². The molecule has 8 heteroatoms. The summed E-state index contributed by atoms with van der Waals surface area (Å²) in [5.41, 5.74) is 0. The number of hydrogen-bond donors (Lipinski definition) is 1. The van der Waals surface area contributed by atoms with Gasteiger partial charge in [0.05, 0.1) is 12.8 Å².